The predicted molar refractivity (Wildman–Crippen MR) is 317 cm³/mol. The smallest absolute Gasteiger partial charge is 0.166 e. The SMILES string of the molecule is [2H]c1c([2H])c([2H])c(-c2nc(-c3cc(C#N)c(-n4c5c([2H])c([2H])c([2H])c([2H])c5c5c([2H])c([2H])c([2H])c([2H])c54)c(-n4c5ccc(-c6ccccc6)cc5c5c6oc7ccccc7c6ccc54)c3-n3c4c([2H])c([2H])c([2H])c([2H])c4c4c([2H])c([2H])c([2H])c([2H])c43)nc(-c3c([2H])c([2H])c([2H])c([2H])c3[2H])n2)c([2H])c1[2H]. The number of hydrogen-bond donors (Lipinski definition) is 0. The normalized spacial score (nSPS) is 16.5. The van der Waals surface area contributed by atoms with Crippen LogP contribution in [0.4, 0.5) is 0 Å². The van der Waals surface area contributed by atoms with Crippen molar-refractivity contribution in [2.75, 3.05) is 0 Å². The second-order valence-corrected chi connectivity index (χ2v) is 17.9. The summed E-state index contributed by atoms with van der Waals surface area (Å²) in [6, 6.07) is 4.60. The molecular formula is C70H41N7O. The van der Waals surface area contributed by atoms with Gasteiger partial charge in [0.2, 0.25) is 0 Å². The van der Waals surface area contributed by atoms with Crippen molar-refractivity contribution in [3.63, 3.8) is 0 Å². The molecule has 0 aliphatic rings. The Kier molecular flexibility index (Phi) is 5.50. The molecule has 0 radical (unpaired) electrons. The van der Waals surface area contributed by atoms with Crippen LogP contribution in [0.15, 0.2) is 253 Å². The van der Waals surface area contributed by atoms with Crippen molar-refractivity contribution < 1.29 is 40.1 Å². The third-order valence-corrected chi connectivity index (χ3v) is 13.8. The van der Waals surface area contributed by atoms with Gasteiger partial charge in [0.25, 0.3) is 0 Å². The lowest BCUT2D eigenvalue weighted by molar-refractivity contribution is 0.673. The van der Waals surface area contributed by atoms with Crippen LogP contribution >= 0.6 is 0 Å². The van der Waals surface area contributed by atoms with Gasteiger partial charge in [0.05, 0.1) is 96.8 Å². The standard InChI is InChI=1S/C70H41N7O/c71-42-47-41-55(70-73-68(44-22-6-2-7-23-44)72-69(74-70)45-24-8-3-9-25-45)65(76-58-33-17-12-28-50(58)51-29-13-18-34-59(51)76)66(64(47)75-56-31-15-10-26-48(56)49-27-11-16-32-57(49)75)77-60-38-36-46(43-20-4-1-5-21-43)40-54(60)63-61(77)39-37-53-52-30-14-19-35-62(52)78-67(53)63/h1-41H/i2D,3D,6D,7D,8D,9D,10D,11D,12D,13D,15D,16D,17D,18D,22D,23D,24D,25D,26D,27D,28D,29D,31D,32D,33D,34D. The van der Waals surface area contributed by atoms with E-state index in [4.69, 9.17) is 25.4 Å². The molecule has 0 N–H and O–H groups in total. The fourth-order valence-electron chi connectivity index (χ4n) is 10.6. The Morgan fingerprint density at radius 2 is 0.872 bits per heavy atom. The zero-order chi connectivity index (χ0) is 74.1. The number of aromatic nitrogens is 6. The van der Waals surface area contributed by atoms with E-state index >= 15 is 0 Å². The van der Waals surface area contributed by atoms with Crippen molar-refractivity contribution in [1.82, 2.24) is 28.7 Å². The number of fused-ring (bicyclic) bond motifs is 13. The molecule has 8 heteroatoms. The van der Waals surface area contributed by atoms with Crippen molar-refractivity contribution in [1.29, 1.82) is 5.26 Å². The van der Waals surface area contributed by atoms with Gasteiger partial charge in [0.15, 0.2) is 17.5 Å². The van der Waals surface area contributed by atoms with Gasteiger partial charge in [0, 0.05) is 54.4 Å². The monoisotopic (exact) mass is 1020 g/mol. The van der Waals surface area contributed by atoms with E-state index in [1.807, 2.05) is 42.5 Å². The van der Waals surface area contributed by atoms with E-state index in [-0.39, 0.29) is 16.6 Å². The maximum Gasteiger partial charge on any atom is 0.166 e. The molecule has 0 amide bonds. The molecule has 362 valence electrons. The van der Waals surface area contributed by atoms with Crippen LogP contribution in [0.25, 0.3) is 150 Å². The van der Waals surface area contributed by atoms with Crippen LogP contribution in [0.2, 0.25) is 0 Å². The zero-order valence-corrected chi connectivity index (χ0v) is 39.7. The molecule has 0 saturated heterocycles. The fourth-order valence-corrected chi connectivity index (χ4v) is 10.6. The molecule has 0 atom stereocenters. The Labute approximate surface area is 482 Å². The summed E-state index contributed by atoms with van der Waals surface area (Å²) >= 11 is 0. The average Bonchev–Trinajstić information content (AvgIpc) is 1.50. The largest absolute Gasteiger partial charge is 0.455 e. The first-order valence-electron chi connectivity index (χ1n) is 37.0. The Morgan fingerprint density at radius 3 is 1.46 bits per heavy atom. The Morgan fingerprint density at radius 1 is 0.372 bits per heavy atom. The third-order valence-electron chi connectivity index (χ3n) is 13.8. The summed E-state index contributed by atoms with van der Waals surface area (Å²) in [4.78, 5) is 14.2. The summed E-state index contributed by atoms with van der Waals surface area (Å²) in [5.41, 5.74) is -4.82. The molecule has 11 aromatic carbocycles. The molecule has 8 nitrogen and oxygen atoms in total. The van der Waals surface area contributed by atoms with E-state index in [2.05, 4.69) is 11.1 Å². The average molecular weight is 1020 g/mol. The molecule has 0 fully saturated rings. The molecule has 78 heavy (non-hydrogen) atoms. The molecule has 0 unspecified atom stereocenters. The highest BCUT2D eigenvalue weighted by Gasteiger charge is 2.32. The van der Waals surface area contributed by atoms with Gasteiger partial charge in [0.1, 0.15) is 17.2 Å². The minimum atomic E-state index is -0.946. The molecule has 16 aromatic rings. The van der Waals surface area contributed by atoms with Crippen molar-refractivity contribution in [3.8, 4) is 68.4 Å². The van der Waals surface area contributed by atoms with Gasteiger partial charge < -0.3 is 18.1 Å². The van der Waals surface area contributed by atoms with Crippen molar-refractivity contribution in [2.45, 2.75) is 0 Å². The second kappa shape index (κ2) is 17.1. The molecule has 0 aliphatic carbocycles. The van der Waals surface area contributed by atoms with Gasteiger partial charge >= 0.3 is 0 Å². The Hall–Kier alpha value is -10.9. The van der Waals surface area contributed by atoms with Crippen LogP contribution in [-0.4, -0.2) is 28.7 Å². The summed E-state index contributed by atoms with van der Waals surface area (Å²) in [7, 11) is 0. The highest BCUT2D eigenvalue weighted by Crippen LogP contribution is 2.49. The minimum Gasteiger partial charge on any atom is -0.455 e. The topological polar surface area (TPSA) is 90.4 Å². The first-order chi connectivity index (χ1) is 49.5. The Balaban J connectivity index is 1.28. The lowest BCUT2D eigenvalue weighted by Gasteiger charge is -2.25. The highest BCUT2D eigenvalue weighted by atomic mass is 16.3. The number of hydrogen-bond acceptors (Lipinski definition) is 5. The van der Waals surface area contributed by atoms with Gasteiger partial charge in [-0.15, -0.1) is 0 Å². The number of para-hydroxylation sites is 5. The number of rotatable bonds is 7. The van der Waals surface area contributed by atoms with Gasteiger partial charge in [-0.1, -0.05) is 188 Å². The third kappa shape index (κ3) is 6.43. The van der Waals surface area contributed by atoms with Crippen molar-refractivity contribution in [3.05, 3.63) is 254 Å². The first-order valence-corrected chi connectivity index (χ1v) is 24.0. The van der Waals surface area contributed by atoms with Crippen LogP contribution in [0.5, 0.6) is 0 Å². The molecular weight excluding hydrogens is 955 g/mol. The number of benzene rings is 11. The van der Waals surface area contributed by atoms with Gasteiger partial charge in [-0.2, -0.15) is 5.26 Å². The van der Waals surface area contributed by atoms with E-state index in [1.54, 1.807) is 42.5 Å². The van der Waals surface area contributed by atoms with Gasteiger partial charge in [-0.25, -0.2) is 15.0 Å². The molecule has 0 aliphatic heterocycles. The molecule has 0 saturated carbocycles. The summed E-state index contributed by atoms with van der Waals surface area (Å²) in [6.45, 7) is 0. The van der Waals surface area contributed by atoms with Crippen molar-refractivity contribution >= 4 is 87.4 Å². The molecule has 5 heterocycles. The first kappa shape index (κ1) is 25.1. The predicted octanol–water partition coefficient (Wildman–Crippen LogP) is 17.6. The Bertz CT molecular complexity index is 6480. The van der Waals surface area contributed by atoms with Crippen molar-refractivity contribution in [2.24, 2.45) is 0 Å². The lowest BCUT2D eigenvalue weighted by Crippen LogP contribution is -2.13. The van der Waals surface area contributed by atoms with E-state index in [1.165, 1.54) is 4.57 Å². The number of nitriles is 1. The molecule has 0 spiro atoms. The summed E-state index contributed by atoms with van der Waals surface area (Å²) < 4.78 is 253. The molecule has 0 bridgehead atoms. The van der Waals surface area contributed by atoms with E-state index in [9.17, 15) is 29.9 Å². The second-order valence-electron chi connectivity index (χ2n) is 17.9. The minimum absolute atomic E-state index is 0.102. The molecule has 16 rings (SSSR count). The fraction of sp³-hybridized carbons (Fsp3) is 0. The maximum atomic E-state index is 12.5. The summed E-state index contributed by atoms with van der Waals surface area (Å²) in [5, 5.41) is 12.2. The quantitative estimate of drug-likeness (QED) is 0.159. The molecule has 5 aromatic heterocycles. The van der Waals surface area contributed by atoms with Crippen LogP contribution in [0, 0.1) is 11.3 Å². The van der Waals surface area contributed by atoms with Gasteiger partial charge in [-0.3, -0.25) is 0 Å². The van der Waals surface area contributed by atoms with E-state index in [0.717, 1.165) is 15.2 Å². The summed E-state index contributed by atoms with van der Waals surface area (Å²) in [6.07, 6.45) is 0. The maximum absolute atomic E-state index is 12.5. The van der Waals surface area contributed by atoms with Crippen LogP contribution in [0.3, 0.4) is 0 Å². The van der Waals surface area contributed by atoms with Gasteiger partial charge in [-0.05, 0) is 71.7 Å². The summed E-state index contributed by atoms with van der Waals surface area (Å²) in [5.74, 6) is -2.55. The number of nitrogens with zero attached hydrogens (tertiary/aromatic N) is 7. The van der Waals surface area contributed by atoms with E-state index in [0.29, 0.717) is 38.3 Å². The van der Waals surface area contributed by atoms with Crippen LogP contribution in [-0.2, 0) is 0 Å². The van der Waals surface area contributed by atoms with Crippen LogP contribution in [0.1, 0.15) is 41.2 Å². The highest BCUT2D eigenvalue weighted by molar-refractivity contribution is 6.25. The zero-order valence-electron chi connectivity index (χ0n) is 65.7. The lowest BCUT2D eigenvalue weighted by atomic mass is 10.0. The number of furan rings is 1. The van der Waals surface area contributed by atoms with Crippen LogP contribution < -0.4 is 0 Å². The van der Waals surface area contributed by atoms with E-state index < -0.39 is 258 Å².